The van der Waals surface area contributed by atoms with E-state index in [-0.39, 0.29) is 22.1 Å². The van der Waals surface area contributed by atoms with Gasteiger partial charge in [-0.05, 0) is 18.8 Å². The van der Waals surface area contributed by atoms with Crippen LogP contribution in [0.2, 0.25) is 5.15 Å². The summed E-state index contributed by atoms with van der Waals surface area (Å²) in [5, 5.41) is 0.110. The number of rotatable bonds is 7. The molecule has 0 radical (unpaired) electrons. The van der Waals surface area contributed by atoms with Crippen molar-refractivity contribution in [3.8, 4) is 0 Å². The third kappa shape index (κ3) is 3.54. The second-order valence-corrected chi connectivity index (χ2v) is 7.55. The molecule has 5 nitrogen and oxygen atoms in total. The molecule has 0 aliphatic rings. The standard InChI is InChI=1S/C13H24ClN3O2S/c1-6-11(7-2)17(8-10(3)4)20(18,19)13-12(14)16(5)9-15-13/h9-11H,6-8H2,1-5H3. The van der Waals surface area contributed by atoms with Crippen LogP contribution in [0.4, 0.5) is 0 Å². The summed E-state index contributed by atoms with van der Waals surface area (Å²) in [6.45, 7) is 8.48. The van der Waals surface area contributed by atoms with Gasteiger partial charge in [0.2, 0.25) is 5.03 Å². The summed E-state index contributed by atoms with van der Waals surface area (Å²) in [6.07, 6.45) is 2.97. The molecule has 0 amide bonds. The van der Waals surface area contributed by atoms with E-state index >= 15 is 0 Å². The molecular formula is C13H24ClN3O2S. The summed E-state index contributed by atoms with van der Waals surface area (Å²) in [5.74, 6) is 0.243. The lowest BCUT2D eigenvalue weighted by atomic mass is 10.1. The lowest BCUT2D eigenvalue weighted by Gasteiger charge is -2.30. The molecular weight excluding hydrogens is 298 g/mol. The van der Waals surface area contributed by atoms with Gasteiger partial charge in [-0.25, -0.2) is 13.4 Å². The fraction of sp³-hybridized carbons (Fsp3) is 0.769. The quantitative estimate of drug-likeness (QED) is 0.776. The van der Waals surface area contributed by atoms with Gasteiger partial charge < -0.3 is 4.57 Å². The van der Waals surface area contributed by atoms with Crippen LogP contribution >= 0.6 is 11.6 Å². The number of hydrogen-bond donors (Lipinski definition) is 0. The molecule has 1 aromatic heterocycles. The molecule has 1 aromatic rings. The van der Waals surface area contributed by atoms with Crippen molar-refractivity contribution in [2.75, 3.05) is 6.54 Å². The average Bonchev–Trinajstić information content (AvgIpc) is 2.70. The lowest BCUT2D eigenvalue weighted by molar-refractivity contribution is 0.276. The average molecular weight is 322 g/mol. The van der Waals surface area contributed by atoms with Gasteiger partial charge in [0.15, 0.2) is 0 Å². The Morgan fingerprint density at radius 1 is 1.35 bits per heavy atom. The van der Waals surface area contributed by atoms with Gasteiger partial charge in [0.05, 0.1) is 6.33 Å². The minimum Gasteiger partial charge on any atom is -0.324 e. The first-order valence-corrected chi connectivity index (χ1v) is 8.76. The Morgan fingerprint density at radius 3 is 2.25 bits per heavy atom. The fourth-order valence-corrected chi connectivity index (χ4v) is 4.51. The van der Waals surface area contributed by atoms with Crippen molar-refractivity contribution in [3.05, 3.63) is 11.5 Å². The molecule has 0 fully saturated rings. The van der Waals surface area contributed by atoms with Gasteiger partial charge in [0.1, 0.15) is 5.15 Å². The Morgan fingerprint density at radius 2 is 1.90 bits per heavy atom. The zero-order valence-corrected chi connectivity index (χ0v) is 14.4. The first kappa shape index (κ1) is 17.5. The van der Waals surface area contributed by atoms with Gasteiger partial charge in [-0.1, -0.05) is 39.3 Å². The summed E-state index contributed by atoms with van der Waals surface area (Å²) >= 11 is 6.06. The van der Waals surface area contributed by atoms with Crippen molar-refractivity contribution in [3.63, 3.8) is 0 Å². The summed E-state index contributed by atoms with van der Waals surface area (Å²) < 4.78 is 28.7. The Labute approximate surface area is 127 Å². The van der Waals surface area contributed by atoms with Crippen LogP contribution in [0.25, 0.3) is 0 Å². The molecule has 0 aliphatic heterocycles. The van der Waals surface area contributed by atoms with Crippen molar-refractivity contribution in [2.45, 2.75) is 51.6 Å². The van der Waals surface area contributed by atoms with Gasteiger partial charge in [0.25, 0.3) is 10.0 Å². The van der Waals surface area contributed by atoms with Gasteiger partial charge in [-0.3, -0.25) is 0 Å². The number of nitrogens with zero attached hydrogens (tertiary/aromatic N) is 3. The molecule has 1 rings (SSSR count). The Bertz CT molecular complexity index is 536. The highest BCUT2D eigenvalue weighted by atomic mass is 35.5. The molecule has 20 heavy (non-hydrogen) atoms. The molecule has 0 N–H and O–H groups in total. The van der Waals surface area contributed by atoms with Gasteiger partial charge in [-0.15, -0.1) is 0 Å². The third-order valence-electron chi connectivity index (χ3n) is 3.28. The van der Waals surface area contributed by atoms with E-state index in [1.54, 1.807) is 11.4 Å². The van der Waals surface area contributed by atoms with Crippen LogP contribution in [-0.2, 0) is 17.1 Å². The van der Waals surface area contributed by atoms with Crippen LogP contribution in [0.3, 0.4) is 0 Å². The number of sulfonamides is 1. The number of aryl methyl sites for hydroxylation is 1. The van der Waals surface area contributed by atoms with E-state index in [0.29, 0.717) is 6.54 Å². The van der Waals surface area contributed by atoms with Crippen molar-refractivity contribution < 1.29 is 8.42 Å². The summed E-state index contributed by atoms with van der Waals surface area (Å²) in [4.78, 5) is 3.97. The molecule has 0 unspecified atom stereocenters. The van der Waals surface area contributed by atoms with Crippen LogP contribution in [-0.4, -0.2) is 34.9 Å². The maximum Gasteiger partial charge on any atom is 0.263 e. The smallest absolute Gasteiger partial charge is 0.263 e. The van der Waals surface area contributed by atoms with E-state index in [1.807, 2.05) is 27.7 Å². The second kappa shape index (κ2) is 6.91. The largest absolute Gasteiger partial charge is 0.324 e. The van der Waals surface area contributed by atoms with Crippen LogP contribution in [0.5, 0.6) is 0 Å². The molecule has 0 spiro atoms. The molecule has 0 saturated heterocycles. The molecule has 1 heterocycles. The van der Waals surface area contributed by atoms with E-state index in [4.69, 9.17) is 11.6 Å². The normalized spacial score (nSPS) is 12.8. The first-order chi connectivity index (χ1) is 9.25. The van der Waals surface area contributed by atoms with Crippen molar-refractivity contribution in [2.24, 2.45) is 13.0 Å². The zero-order chi connectivity index (χ0) is 15.5. The van der Waals surface area contributed by atoms with Crippen LogP contribution in [0.15, 0.2) is 11.4 Å². The predicted molar refractivity (Wildman–Crippen MR) is 81.3 cm³/mol. The number of aromatic nitrogens is 2. The lowest BCUT2D eigenvalue weighted by Crippen LogP contribution is -2.42. The summed E-state index contributed by atoms with van der Waals surface area (Å²) in [5.41, 5.74) is 0. The Kier molecular flexibility index (Phi) is 6.04. The molecule has 0 aliphatic carbocycles. The SMILES string of the molecule is CCC(CC)N(CC(C)C)S(=O)(=O)c1ncn(C)c1Cl. The van der Waals surface area contributed by atoms with Crippen molar-refractivity contribution in [1.82, 2.24) is 13.9 Å². The molecule has 7 heteroatoms. The topological polar surface area (TPSA) is 55.2 Å². The van der Waals surface area contributed by atoms with E-state index in [9.17, 15) is 8.42 Å². The first-order valence-electron chi connectivity index (χ1n) is 6.94. The molecule has 116 valence electrons. The molecule has 0 bridgehead atoms. The maximum absolute atomic E-state index is 12.8. The monoisotopic (exact) mass is 321 g/mol. The predicted octanol–water partition coefficient (Wildman–Crippen LogP) is 2.91. The minimum atomic E-state index is -3.66. The number of imidazole rings is 1. The third-order valence-corrected chi connectivity index (χ3v) is 5.69. The van der Waals surface area contributed by atoms with E-state index in [2.05, 4.69) is 4.98 Å². The second-order valence-electron chi connectivity index (χ2n) is 5.39. The summed E-state index contributed by atoms with van der Waals surface area (Å²) in [6, 6.07) is -0.0273. The zero-order valence-electron chi connectivity index (χ0n) is 12.8. The van der Waals surface area contributed by atoms with E-state index in [1.165, 1.54) is 10.9 Å². The van der Waals surface area contributed by atoms with Crippen molar-refractivity contribution >= 4 is 21.6 Å². The Hall–Kier alpha value is -0.590. The maximum atomic E-state index is 12.8. The highest BCUT2D eigenvalue weighted by molar-refractivity contribution is 7.89. The van der Waals surface area contributed by atoms with Gasteiger partial charge in [-0.2, -0.15) is 4.31 Å². The minimum absolute atomic E-state index is 0.0273. The van der Waals surface area contributed by atoms with Crippen molar-refractivity contribution in [1.29, 1.82) is 0 Å². The molecule has 0 atom stereocenters. The molecule has 0 saturated carbocycles. The number of halogens is 1. The fourth-order valence-electron chi connectivity index (χ4n) is 2.18. The van der Waals surface area contributed by atoms with E-state index in [0.717, 1.165) is 12.8 Å². The van der Waals surface area contributed by atoms with Gasteiger partial charge >= 0.3 is 0 Å². The van der Waals surface area contributed by atoms with Gasteiger partial charge in [0, 0.05) is 19.6 Å². The van der Waals surface area contributed by atoms with Crippen LogP contribution in [0, 0.1) is 5.92 Å². The van der Waals surface area contributed by atoms with Crippen LogP contribution < -0.4 is 0 Å². The highest BCUT2D eigenvalue weighted by Crippen LogP contribution is 2.26. The number of hydrogen-bond acceptors (Lipinski definition) is 3. The van der Waals surface area contributed by atoms with Crippen LogP contribution in [0.1, 0.15) is 40.5 Å². The molecule has 0 aromatic carbocycles. The Balaban J connectivity index is 3.27. The summed E-state index contributed by atoms with van der Waals surface area (Å²) in [7, 11) is -1.98. The highest BCUT2D eigenvalue weighted by Gasteiger charge is 2.34. The van der Waals surface area contributed by atoms with E-state index < -0.39 is 10.0 Å².